The molecule has 0 radical (unpaired) electrons. The maximum atomic E-state index is 13.2. The summed E-state index contributed by atoms with van der Waals surface area (Å²) in [7, 11) is 1.55. The van der Waals surface area contributed by atoms with E-state index in [1.807, 2.05) is 12.1 Å². The Hall–Kier alpha value is -2.89. The number of amides is 2. The van der Waals surface area contributed by atoms with Crippen molar-refractivity contribution in [2.45, 2.75) is 12.8 Å². The summed E-state index contributed by atoms with van der Waals surface area (Å²) in [4.78, 5) is 18.7. The number of hydrogen-bond donors (Lipinski definition) is 1. The number of rotatable bonds is 3. The van der Waals surface area contributed by atoms with Gasteiger partial charge in [0.05, 0.1) is 18.5 Å². The molecule has 5 nitrogen and oxygen atoms in total. The molecule has 1 N–H and O–H groups in total. The number of urea groups is 1. The van der Waals surface area contributed by atoms with Crippen molar-refractivity contribution in [1.29, 1.82) is 0 Å². The molecule has 0 atom stereocenters. The number of methoxy groups -OCH3 is 1. The number of aliphatic imine (C=N–C) groups is 1. The molecule has 124 valence electrons. The molecule has 24 heavy (non-hydrogen) atoms. The van der Waals surface area contributed by atoms with Gasteiger partial charge in [-0.3, -0.25) is 9.89 Å². The average Bonchev–Trinajstić information content (AvgIpc) is 3.11. The molecular formula is C18H18FN3O2. The lowest BCUT2D eigenvalue weighted by Crippen LogP contribution is -2.39. The lowest BCUT2D eigenvalue weighted by atomic mass is 10.2. The zero-order valence-corrected chi connectivity index (χ0v) is 13.3. The second-order valence-electron chi connectivity index (χ2n) is 5.34. The molecule has 0 aliphatic carbocycles. The normalized spacial score (nSPS) is 13.3. The van der Waals surface area contributed by atoms with E-state index in [0.29, 0.717) is 35.9 Å². The Bertz CT molecular complexity index is 759. The Kier molecular flexibility index (Phi) is 4.74. The van der Waals surface area contributed by atoms with Gasteiger partial charge in [0.2, 0.25) is 0 Å². The van der Waals surface area contributed by atoms with Crippen LogP contribution in [0.1, 0.15) is 12.8 Å². The van der Waals surface area contributed by atoms with E-state index in [1.165, 1.54) is 17.0 Å². The summed E-state index contributed by atoms with van der Waals surface area (Å²) in [5.41, 5.74) is 1.14. The summed E-state index contributed by atoms with van der Waals surface area (Å²) in [6.45, 7) is 0.689. The van der Waals surface area contributed by atoms with Crippen molar-refractivity contribution in [3.63, 3.8) is 0 Å². The van der Waals surface area contributed by atoms with Gasteiger partial charge in [0.25, 0.3) is 0 Å². The topological polar surface area (TPSA) is 53.9 Å². The molecule has 2 aromatic carbocycles. The van der Waals surface area contributed by atoms with E-state index in [1.54, 1.807) is 31.4 Å². The Labute approximate surface area is 139 Å². The van der Waals surface area contributed by atoms with Gasteiger partial charge in [-0.1, -0.05) is 12.1 Å². The molecule has 1 aliphatic rings. The molecule has 2 aromatic rings. The minimum Gasteiger partial charge on any atom is -0.495 e. The van der Waals surface area contributed by atoms with Gasteiger partial charge in [0.1, 0.15) is 17.4 Å². The first-order chi connectivity index (χ1) is 11.7. The Morgan fingerprint density at radius 2 is 1.96 bits per heavy atom. The summed E-state index contributed by atoms with van der Waals surface area (Å²) >= 11 is 0. The predicted octanol–water partition coefficient (Wildman–Crippen LogP) is 4.07. The number of amidine groups is 1. The first kappa shape index (κ1) is 16.0. The molecule has 1 heterocycles. The number of ether oxygens (including phenoxy) is 1. The smallest absolute Gasteiger partial charge is 0.331 e. The lowest BCUT2D eigenvalue weighted by molar-refractivity contribution is 0.259. The standard InChI is InChI=1S/C18H18FN3O2/c1-24-16-6-3-2-5-15(16)21-18(23)22(17-7-4-12-20-17)14-10-8-13(19)9-11-14/h2-3,5-6,8-11H,4,7,12H2,1H3,(H,21,23). The molecule has 0 unspecified atom stereocenters. The van der Waals surface area contributed by atoms with Crippen LogP contribution in [0.3, 0.4) is 0 Å². The number of anilines is 2. The third kappa shape index (κ3) is 3.37. The summed E-state index contributed by atoms with van der Waals surface area (Å²) < 4.78 is 18.5. The fraction of sp³-hybridized carbons (Fsp3) is 0.222. The van der Waals surface area contributed by atoms with Crippen LogP contribution in [0.4, 0.5) is 20.6 Å². The summed E-state index contributed by atoms with van der Waals surface area (Å²) in [6, 6.07) is 12.6. The maximum Gasteiger partial charge on any atom is 0.331 e. The third-order valence-electron chi connectivity index (χ3n) is 3.75. The van der Waals surface area contributed by atoms with E-state index in [-0.39, 0.29) is 11.8 Å². The highest BCUT2D eigenvalue weighted by atomic mass is 19.1. The van der Waals surface area contributed by atoms with Crippen LogP contribution in [-0.4, -0.2) is 25.5 Å². The van der Waals surface area contributed by atoms with Crippen LogP contribution in [0, 0.1) is 5.82 Å². The largest absolute Gasteiger partial charge is 0.495 e. The Morgan fingerprint density at radius 3 is 2.62 bits per heavy atom. The van der Waals surface area contributed by atoms with Gasteiger partial charge in [0.15, 0.2) is 0 Å². The van der Waals surface area contributed by atoms with E-state index in [0.717, 1.165) is 6.42 Å². The number of hydrogen-bond acceptors (Lipinski definition) is 3. The number of carbonyl (C=O) groups excluding carboxylic acids is 1. The fourth-order valence-corrected chi connectivity index (χ4v) is 2.60. The number of para-hydroxylation sites is 2. The summed E-state index contributed by atoms with van der Waals surface area (Å²) in [6.07, 6.45) is 1.60. The van der Waals surface area contributed by atoms with Crippen molar-refractivity contribution in [1.82, 2.24) is 0 Å². The van der Waals surface area contributed by atoms with Crippen LogP contribution in [-0.2, 0) is 0 Å². The van der Waals surface area contributed by atoms with Gasteiger partial charge in [-0.2, -0.15) is 0 Å². The van der Waals surface area contributed by atoms with Crippen molar-refractivity contribution in [2.24, 2.45) is 4.99 Å². The predicted molar refractivity (Wildman–Crippen MR) is 92.4 cm³/mol. The second-order valence-corrected chi connectivity index (χ2v) is 5.34. The number of nitrogens with one attached hydrogen (secondary N) is 1. The number of carbonyl (C=O) groups is 1. The molecule has 0 aromatic heterocycles. The molecule has 1 aliphatic heterocycles. The molecule has 6 heteroatoms. The molecule has 0 saturated heterocycles. The fourth-order valence-electron chi connectivity index (χ4n) is 2.60. The van der Waals surface area contributed by atoms with E-state index < -0.39 is 0 Å². The second kappa shape index (κ2) is 7.12. The molecule has 0 saturated carbocycles. The van der Waals surface area contributed by atoms with Crippen LogP contribution < -0.4 is 15.0 Å². The highest BCUT2D eigenvalue weighted by Crippen LogP contribution is 2.26. The van der Waals surface area contributed by atoms with Crippen molar-refractivity contribution >= 4 is 23.2 Å². The van der Waals surface area contributed by atoms with Crippen molar-refractivity contribution in [3.05, 3.63) is 54.3 Å². The number of benzene rings is 2. The zero-order chi connectivity index (χ0) is 16.9. The van der Waals surface area contributed by atoms with Gasteiger partial charge in [0, 0.05) is 13.0 Å². The Morgan fingerprint density at radius 1 is 1.21 bits per heavy atom. The maximum absolute atomic E-state index is 13.2. The van der Waals surface area contributed by atoms with Gasteiger partial charge in [-0.05, 0) is 42.8 Å². The monoisotopic (exact) mass is 327 g/mol. The molecule has 0 spiro atoms. The van der Waals surface area contributed by atoms with Crippen molar-refractivity contribution < 1.29 is 13.9 Å². The van der Waals surface area contributed by atoms with Gasteiger partial charge in [-0.15, -0.1) is 0 Å². The average molecular weight is 327 g/mol. The first-order valence-corrected chi connectivity index (χ1v) is 7.72. The highest BCUT2D eigenvalue weighted by Gasteiger charge is 2.24. The van der Waals surface area contributed by atoms with Crippen LogP contribution in [0.25, 0.3) is 0 Å². The Balaban J connectivity index is 1.90. The lowest BCUT2D eigenvalue weighted by Gasteiger charge is -2.23. The minimum atomic E-state index is -0.355. The van der Waals surface area contributed by atoms with Crippen molar-refractivity contribution in [3.8, 4) is 5.75 Å². The molecule has 0 bridgehead atoms. The van der Waals surface area contributed by atoms with Gasteiger partial charge >= 0.3 is 6.03 Å². The first-order valence-electron chi connectivity index (χ1n) is 7.72. The van der Waals surface area contributed by atoms with E-state index in [2.05, 4.69) is 10.3 Å². The van der Waals surface area contributed by atoms with Gasteiger partial charge < -0.3 is 10.1 Å². The quantitative estimate of drug-likeness (QED) is 0.924. The molecule has 2 amide bonds. The summed E-state index contributed by atoms with van der Waals surface area (Å²) in [5.74, 6) is 0.893. The highest BCUT2D eigenvalue weighted by molar-refractivity contribution is 6.20. The van der Waals surface area contributed by atoms with Crippen LogP contribution in [0.5, 0.6) is 5.75 Å². The zero-order valence-electron chi connectivity index (χ0n) is 13.3. The summed E-state index contributed by atoms with van der Waals surface area (Å²) in [5, 5.41) is 2.84. The van der Waals surface area contributed by atoms with Crippen LogP contribution in [0.15, 0.2) is 53.5 Å². The number of halogens is 1. The van der Waals surface area contributed by atoms with E-state index in [4.69, 9.17) is 4.74 Å². The molecular weight excluding hydrogens is 309 g/mol. The SMILES string of the molecule is COc1ccccc1NC(=O)N(C1=NCCC1)c1ccc(F)cc1. The molecule has 3 rings (SSSR count). The van der Waals surface area contributed by atoms with Gasteiger partial charge in [-0.25, -0.2) is 9.18 Å². The van der Waals surface area contributed by atoms with Crippen LogP contribution in [0.2, 0.25) is 0 Å². The van der Waals surface area contributed by atoms with Crippen molar-refractivity contribution in [2.75, 3.05) is 23.9 Å². The number of nitrogens with zero attached hydrogens (tertiary/aromatic N) is 2. The van der Waals surface area contributed by atoms with E-state index >= 15 is 0 Å². The van der Waals surface area contributed by atoms with E-state index in [9.17, 15) is 9.18 Å². The minimum absolute atomic E-state index is 0.350. The third-order valence-corrected chi connectivity index (χ3v) is 3.75. The molecule has 0 fully saturated rings. The van der Waals surface area contributed by atoms with Crippen LogP contribution >= 0.6 is 0 Å².